The molecule has 1 heterocycles. The molecule has 74 valence electrons. The molecule has 0 saturated carbocycles. The van der Waals surface area contributed by atoms with Gasteiger partial charge in [-0.15, -0.1) is 24.0 Å². The largest absolute Gasteiger partial charge is 0.272 e. The Morgan fingerprint density at radius 3 is 2.71 bits per heavy atom. The van der Waals surface area contributed by atoms with Crippen LogP contribution in [0.5, 0.6) is 0 Å². The van der Waals surface area contributed by atoms with Gasteiger partial charge in [0.2, 0.25) is 0 Å². The van der Waals surface area contributed by atoms with Crippen molar-refractivity contribution in [1.82, 2.24) is 0 Å². The van der Waals surface area contributed by atoms with Gasteiger partial charge in [-0.1, -0.05) is 6.07 Å². The molecule has 0 radical (unpaired) electrons. The van der Waals surface area contributed by atoms with Gasteiger partial charge in [-0.25, -0.2) is 8.78 Å². The molecule has 0 spiro atoms. The van der Waals surface area contributed by atoms with Gasteiger partial charge in [0.05, 0.1) is 4.88 Å². The predicted molar refractivity (Wildman–Crippen MR) is 66.8 cm³/mol. The lowest BCUT2D eigenvalue weighted by molar-refractivity contribution is 0.156. The third kappa shape index (κ3) is 1.77. The fraction of sp³-hybridized carbons (Fsp3) is 0.111. The van der Waals surface area contributed by atoms with Crippen LogP contribution >= 0.6 is 46.6 Å². The zero-order chi connectivity index (χ0) is 10.3. The number of hydrogen-bond donors (Lipinski definition) is 1. The summed E-state index contributed by atoms with van der Waals surface area (Å²) in [6, 6.07) is 5.19. The summed E-state index contributed by atoms with van der Waals surface area (Å²) < 4.78 is 26.7. The van der Waals surface area contributed by atoms with Crippen molar-refractivity contribution in [3.05, 3.63) is 26.6 Å². The van der Waals surface area contributed by atoms with E-state index in [9.17, 15) is 8.78 Å². The van der Waals surface area contributed by atoms with Gasteiger partial charge in [0.25, 0.3) is 6.43 Å². The van der Waals surface area contributed by atoms with Crippen LogP contribution in [0.3, 0.4) is 0 Å². The Labute approximate surface area is 103 Å². The van der Waals surface area contributed by atoms with E-state index in [1.807, 2.05) is 12.1 Å². The number of alkyl halides is 2. The van der Waals surface area contributed by atoms with E-state index in [4.69, 9.17) is 0 Å². The van der Waals surface area contributed by atoms with Crippen LogP contribution in [0.4, 0.5) is 8.78 Å². The Kier molecular flexibility index (Phi) is 2.99. The second-order valence-electron chi connectivity index (χ2n) is 2.77. The van der Waals surface area contributed by atoms with Gasteiger partial charge in [0.15, 0.2) is 0 Å². The summed E-state index contributed by atoms with van der Waals surface area (Å²) in [6.07, 6.45) is -2.38. The average molecular weight is 342 g/mol. The Morgan fingerprint density at radius 1 is 1.36 bits per heavy atom. The Hall–Kier alpha value is 0.120. The number of hydrogen-bond acceptors (Lipinski definition) is 2. The zero-order valence-corrected chi connectivity index (χ0v) is 10.7. The first-order valence-electron chi connectivity index (χ1n) is 3.78. The fourth-order valence-electron chi connectivity index (χ4n) is 1.19. The number of fused-ring (bicyclic) bond motifs is 1. The summed E-state index contributed by atoms with van der Waals surface area (Å²) >= 11 is 7.51. The van der Waals surface area contributed by atoms with E-state index in [0.29, 0.717) is 0 Å². The van der Waals surface area contributed by atoms with E-state index in [2.05, 4.69) is 35.2 Å². The van der Waals surface area contributed by atoms with Gasteiger partial charge in [-0.05, 0) is 40.1 Å². The highest BCUT2D eigenvalue weighted by Gasteiger charge is 2.13. The molecule has 0 saturated heterocycles. The number of rotatable bonds is 1. The second-order valence-corrected chi connectivity index (χ2v) is 5.41. The van der Waals surface area contributed by atoms with Crippen LogP contribution in [0.1, 0.15) is 11.3 Å². The van der Waals surface area contributed by atoms with Gasteiger partial charge in [-0.2, -0.15) is 0 Å². The number of benzene rings is 1. The first-order chi connectivity index (χ1) is 6.59. The first-order valence-corrected chi connectivity index (χ1v) is 6.13. The summed E-state index contributed by atoms with van der Waals surface area (Å²) in [5.74, 6) is 0. The van der Waals surface area contributed by atoms with E-state index in [-0.39, 0.29) is 4.88 Å². The standard InChI is InChI=1S/C9H5F2IS2/c10-9(11)6-3-4-1-2-5(13)7(12)8(4)14-6/h1-3,9,13H. The number of halogens is 3. The minimum atomic E-state index is -2.38. The molecule has 0 atom stereocenters. The molecule has 0 nitrogen and oxygen atoms in total. The van der Waals surface area contributed by atoms with Crippen molar-refractivity contribution in [1.29, 1.82) is 0 Å². The fourth-order valence-corrected chi connectivity index (χ4v) is 3.22. The second kappa shape index (κ2) is 3.94. The molecular weight excluding hydrogens is 337 g/mol. The summed E-state index contributed by atoms with van der Waals surface area (Å²) in [6.45, 7) is 0. The van der Waals surface area contributed by atoms with Crippen LogP contribution in [0.25, 0.3) is 10.1 Å². The summed E-state index contributed by atoms with van der Waals surface area (Å²) in [4.78, 5) is 0.956. The molecule has 14 heavy (non-hydrogen) atoms. The predicted octanol–water partition coefficient (Wildman–Crippen LogP) is 4.73. The molecule has 5 heteroatoms. The van der Waals surface area contributed by atoms with E-state index >= 15 is 0 Å². The lowest BCUT2D eigenvalue weighted by atomic mass is 10.2. The van der Waals surface area contributed by atoms with Gasteiger partial charge >= 0.3 is 0 Å². The summed E-state index contributed by atoms with van der Waals surface area (Å²) in [5.41, 5.74) is 0. The highest BCUT2D eigenvalue weighted by molar-refractivity contribution is 14.1. The minimum Gasteiger partial charge on any atom is -0.204 e. The van der Waals surface area contributed by atoms with E-state index in [1.165, 1.54) is 0 Å². The lowest BCUT2D eigenvalue weighted by Crippen LogP contribution is -1.73. The SMILES string of the molecule is FC(F)c1cc2ccc(S)c(I)c2s1. The molecule has 0 amide bonds. The van der Waals surface area contributed by atoms with Crippen molar-refractivity contribution < 1.29 is 8.78 Å². The van der Waals surface area contributed by atoms with Crippen LogP contribution in [-0.4, -0.2) is 0 Å². The molecule has 0 aliphatic heterocycles. The molecule has 0 N–H and O–H groups in total. The van der Waals surface area contributed by atoms with E-state index in [0.717, 1.165) is 29.9 Å². The molecule has 2 rings (SSSR count). The maximum Gasteiger partial charge on any atom is 0.272 e. The highest BCUT2D eigenvalue weighted by Crippen LogP contribution is 2.36. The van der Waals surface area contributed by atoms with E-state index < -0.39 is 6.43 Å². The first kappa shape index (κ1) is 10.6. The smallest absolute Gasteiger partial charge is 0.204 e. The zero-order valence-electron chi connectivity index (χ0n) is 6.80. The van der Waals surface area contributed by atoms with Crippen molar-refractivity contribution in [3.63, 3.8) is 0 Å². The van der Waals surface area contributed by atoms with Crippen LogP contribution < -0.4 is 0 Å². The van der Waals surface area contributed by atoms with Crippen molar-refractivity contribution in [2.24, 2.45) is 0 Å². The molecule has 0 aliphatic carbocycles. The quantitative estimate of drug-likeness (QED) is 0.562. The van der Waals surface area contributed by atoms with E-state index in [1.54, 1.807) is 6.07 Å². The highest BCUT2D eigenvalue weighted by atomic mass is 127. The average Bonchev–Trinajstić information content (AvgIpc) is 2.56. The van der Waals surface area contributed by atoms with Crippen molar-refractivity contribution in [3.8, 4) is 0 Å². The summed E-state index contributed by atoms with van der Waals surface area (Å²) in [7, 11) is 0. The van der Waals surface area contributed by atoms with Gasteiger partial charge < -0.3 is 0 Å². The number of thiophene rings is 1. The molecule has 0 aliphatic rings. The molecule has 1 aromatic carbocycles. The van der Waals surface area contributed by atoms with Crippen molar-refractivity contribution in [2.45, 2.75) is 11.3 Å². The maximum atomic E-state index is 12.4. The van der Waals surface area contributed by atoms with Gasteiger partial charge in [-0.3, -0.25) is 0 Å². The van der Waals surface area contributed by atoms with Crippen LogP contribution in [0, 0.1) is 3.57 Å². The molecule has 0 bridgehead atoms. The van der Waals surface area contributed by atoms with Gasteiger partial charge in [0.1, 0.15) is 0 Å². The topological polar surface area (TPSA) is 0 Å². The van der Waals surface area contributed by atoms with Crippen LogP contribution in [0.15, 0.2) is 23.1 Å². The van der Waals surface area contributed by atoms with Crippen LogP contribution in [-0.2, 0) is 0 Å². The summed E-state index contributed by atoms with van der Waals surface area (Å²) in [5, 5.41) is 0.868. The number of thiol groups is 1. The van der Waals surface area contributed by atoms with Gasteiger partial charge in [0, 0.05) is 13.2 Å². The Bertz CT molecular complexity index is 479. The Morgan fingerprint density at radius 2 is 2.07 bits per heavy atom. The molecular formula is C9H5F2IS2. The minimum absolute atomic E-state index is 0.122. The Balaban J connectivity index is 2.71. The molecule has 0 fully saturated rings. The molecule has 0 unspecified atom stereocenters. The maximum absolute atomic E-state index is 12.4. The molecule has 2 aromatic rings. The van der Waals surface area contributed by atoms with Crippen molar-refractivity contribution in [2.75, 3.05) is 0 Å². The third-order valence-electron chi connectivity index (χ3n) is 1.84. The molecule has 1 aromatic heterocycles. The lowest BCUT2D eigenvalue weighted by Gasteiger charge is -1.96. The normalized spacial score (nSPS) is 11.5. The van der Waals surface area contributed by atoms with Crippen LogP contribution in [0.2, 0.25) is 0 Å². The third-order valence-corrected chi connectivity index (χ3v) is 5.30. The van der Waals surface area contributed by atoms with Crippen molar-refractivity contribution >= 4 is 56.6 Å². The monoisotopic (exact) mass is 342 g/mol.